The standard InChI is InChI=1S/C16H13N3O2/c17-13-5-1-12(2-6-13)16(20)19-14-7-3-11(4-8-14)15-9-18-10-21-15/h1-10H,17H2,(H,19,20). The van der Waals surface area contributed by atoms with Crippen molar-refractivity contribution in [1.82, 2.24) is 4.98 Å². The molecule has 3 rings (SSSR count). The number of nitrogens with zero attached hydrogens (tertiary/aromatic N) is 1. The van der Waals surface area contributed by atoms with Crippen LogP contribution in [0.3, 0.4) is 0 Å². The molecule has 5 heteroatoms. The summed E-state index contributed by atoms with van der Waals surface area (Å²) in [5, 5.41) is 2.82. The summed E-state index contributed by atoms with van der Waals surface area (Å²) in [6.07, 6.45) is 3.02. The van der Waals surface area contributed by atoms with Crippen molar-refractivity contribution in [1.29, 1.82) is 0 Å². The minimum atomic E-state index is -0.178. The summed E-state index contributed by atoms with van der Waals surface area (Å²) in [5.74, 6) is 0.508. The Balaban J connectivity index is 1.73. The monoisotopic (exact) mass is 279 g/mol. The number of rotatable bonds is 3. The molecule has 1 aromatic heterocycles. The Kier molecular flexibility index (Phi) is 3.39. The number of amides is 1. The molecule has 0 aliphatic heterocycles. The van der Waals surface area contributed by atoms with Crippen LogP contribution in [0.4, 0.5) is 11.4 Å². The number of nitrogens with one attached hydrogen (secondary N) is 1. The maximum Gasteiger partial charge on any atom is 0.255 e. The van der Waals surface area contributed by atoms with Gasteiger partial charge in [0.15, 0.2) is 12.2 Å². The van der Waals surface area contributed by atoms with E-state index in [1.807, 2.05) is 24.3 Å². The molecule has 0 saturated carbocycles. The Labute approximate surface area is 121 Å². The minimum Gasteiger partial charge on any atom is -0.444 e. The molecule has 0 spiro atoms. The highest BCUT2D eigenvalue weighted by Crippen LogP contribution is 2.21. The Bertz CT molecular complexity index is 732. The first-order valence-corrected chi connectivity index (χ1v) is 6.38. The molecule has 0 atom stereocenters. The molecule has 1 amide bonds. The van der Waals surface area contributed by atoms with Crippen molar-refractivity contribution < 1.29 is 9.21 Å². The quantitative estimate of drug-likeness (QED) is 0.721. The van der Waals surface area contributed by atoms with Gasteiger partial charge in [-0.1, -0.05) is 0 Å². The van der Waals surface area contributed by atoms with Crippen molar-refractivity contribution >= 4 is 17.3 Å². The minimum absolute atomic E-state index is 0.178. The van der Waals surface area contributed by atoms with E-state index in [1.54, 1.807) is 30.5 Å². The second kappa shape index (κ2) is 5.50. The van der Waals surface area contributed by atoms with Crippen LogP contribution in [0, 0.1) is 0 Å². The number of nitrogen functional groups attached to an aromatic ring is 1. The summed E-state index contributed by atoms with van der Waals surface area (Å²) < 4.78 is 5.21. The molecular formula is C16H13N3O2. The van der Waals surface area contributed by atoms with Crippen molar-refractivity contribution in [2.45, 2.75) is 0 Å². The maximum absolute atomic E-state index is 12.1. The first kappa shape index (κ1) is 12.9. The van der Waals surface area contributed by atoms with Crippen LogP contribution >= 0.6 is 0 Å². The molecule has 0 aliphatic carbocycles. The van der Waals surface area contributed by atoms with Gasteiger partial charge in [-0.15, -0.1) is 0 Å². The number of hydrogen-bond acceptors (Lipinski definition) is 4. The molecule has 1 heterocycles. The van der Waals surface area contributed by atoms with Crippen molar-refractivity contribution in [2.24, 2.45) is 0 Å². The van der Waals surface area contributed by atoms with Gasteiger partial charge in [-0.25, -0.2) is 4.98 Å². The average molecular weight is 279 g/mol. The van der Waals surface area contributed by atoms with Crippen LogP contribution in [0.2, 0.25) is 0 Å². The molecule has 104 valence electrons. The molecule has 0 unspecified atom stereocenters. The zero-order chi connectivity index (χ0) is 14.7. The van der Waals surface area contributed by atoms with Crippen molar-refractivity contribution in [2.75, 3.05) is 11.1 Å². The number of oxazole rings is 1. The fourth-order valence-electron chi connectivity index (χ4n) is 1.91. The zero-order valence-corrected chi connectivity index (χ0v) is 11.1. The highest BCUT2D eigenvalue weighted by molar-refractivity contribution is 6.04. The molecule has 0 saturated heterocycles. The van der Waals surface area contributed by atoms with E-state index in [0.717, 1.165) is 5.56 Å². The Morgan fingerprint density at radius 3 is 2.38 bits per heavy atom. The van der Waals surface area contributed by atoms with E-state index >= 15 is 0 Å². The Morgan fingerprint density at radius 2 is 1.76 bits per heavy atom. The van der Waals surface area contributed by atoms with E-state index in [2.05, 4.69) is 10.3 Å². The Hall–Kier alpha value is -3.08. The second-order valence-corrected chi connectivity index (χ2v) is 4.52. The predicted octanol–water partition coefficient (Wildman–Crippen LogP) is 3.18. The van der Waals surface area contributed by atoms with Gasteiger partial charge in [0, 0.05) is 22.5 Å². The first-order chi connectivity index (χ1) is 10.2. The summed E-state index contributed by atoms with van der Waals surface area (Å²) in [6.45, 7) is 0. The van der Waals surface area contributed by atoms with Gasteiger partial charge in [-0.05, 0) is 48.5 Å². The molecular weight excluding hydrogens is 266 g/mol. The molecule has 0 aliphatic rings. The van der Waals surface area contributed by atoms with Crippen molar-refractivity contribution in [3.63, 3.8) is 0 Å². The molecule has 2 aromatic carbocycles. The molecule has 0 bridgehead atoms. The lowest BCUT2D eigenvalue weighted by Crippen LogP contribution is -2.11. The number of carbonyl (C=O) groups is 1. The molecule has 5 nitrogen and oxygen atoms in total. The largest absolute Gasteiger partial charge is 0.444 e. The fourth-order valence-corrected chi connectivity index (χ4v) is 1.91. The lowest BCUT2D eigenvalue weighted by atomic mass is 10.1. The number of hydrogen-bond donors (Lipinski definition) is 2. The molecule has 0 fully saturated rings. The summed E-state index contributed by atoms with van der Waals surface area (Å²) in [7, 11) is 0. The third kappa shape index (κ3) is 2.92. The third-order valence-corrected chi connectivity index (χ3v) is 3.03. The third-order valence-electron chi connectivity index (χ3n) is 3.03. The molecule has 3 N–H and O–H groups in total. The lowest BCUT2D eigenvalue weighted by molar-refractivity contribution is 0.102. The van der Waals surface area contributed by atoms with E-state index in [0.29, 0.717) is 22.7 Å². The summed E-state index contributed by atoms with van der Waals surface area (Å²) in [4.78, 5) is 15.9. The van der Waals surface area contributed by atoms with Crippen molar-refractivity contribution in [3.8, 4) is 11.3 Å². The number of nitrogens with two attached hydrogens (primary N) is 1. The van der Waals surface area contributed by atoms with Gasteiger partial charge in [0.1, 0.15) is 0 Å². The van der Waals surface area contributed by atoms with Crippen LogP contribution in [0.15, 0.2) is 65.5 Å². The van der Waals surface area contributed by atoms with E-state index in [1.165, 1.54) is 6.39 Å². The number of carbonyl (C=O) groups excluding carboxylic acids is 1. The van der Waals surface area contributed by atoms with E-state index < -0.39 is 0 Å². The average Bonchev–Trinajstić information content (AvgIpc) is 3.03. The van der Waals surface area contributed by atoms with Gasteiger partial charge in [0.05, 0.1) is 6.20 Å². The Morgan fingerprint density at radius 1 is 1.05 bits per heavy atom. The summed E-state index contributed by atoms with van der Waals surface area (Å²) >= 11 is 0. The van der Waals surface area contributed by atoms with Crippen LogP contribution in [-0.2, 0) is 0 Å². The maximum atomic E-state index is 12.1. The number of benzene rings is 2. The van der Waals surface area contributed by atoms with Gasteiger partial charge in [0.2, 0.25) is 0 Å². The predicted molar refractivity (Wildman–Crippen MR) is 80.7 cm³/mol. The lowest BCUT2D eigenvalue weighted by Gasteiger charge is -2.06. The second-order valence-electron chi connectivity index (χ2n) is 4.52. The molecule has 0 radical (unpaired) electrons. The van der Waals surface area contributed by atoms with Gasteiger partial charge in [-0.2, -0.15) is 0 Å². The van der Waals surface area contributed by atoms with E-state index in [9.17, 15) is 4.79 Å². The molecule has 21 heavy (non-hydrogen) atoms. The van der Waals surface area contributed by atoms with Crippen LogP contribution in [-0.4, -0.2) is 10.9 Å². The highest BCUT2D eigenvalue weighted by atomic mass is 16.3. The van der Waals surface area contributed by atoms with Crippen molar-refractivity contribution in [3.05, 3.63) is 66.7 Å². The van der Waals surface area contributed by atoms with Gasteiger partial charge in [-0.3, -0.25) is 4.79 Å². The smallest absolute Gasteiger partial charge is 0.255 e. The van der Waals surface area contributed by atoms with Gasteiger partial charge in [0.25, 0.3) is 5.91 Å². The topological polar surface area (TPSA) is 81.2 Å². The van der Waals surface area contributed by atoms with Crippen LogP contribution in [0.5, 0.6) is 0 Å². The highest BCUT2D eigenvalue weighted by Gasteiger charge is 2.06. The van der Waals surface area contributed by atoms with Crippen LogP contribution in [0.1, 0.15) is 10.4 Å². The van der Waals surface area contributed by atoms with Gasteiger partial charge >= 0.3 is 0 Å². The summed E-state index contributed by atoms with van der Waals surface area (Å²) in [5.41, 5.74) is 8.39. The number of aromatic nitrogens is 1. The van der Waals surface area contributed by atoms with E-state index in [-0.39, 0.29) is 5.91 Å². The number of anilines is 2. The summed E-state index contributed by atoms with van der Waals surface area (Å²) in [6, 6.07) is 14.1. The SMILES string of the molecule is Nc1ccc(C(=O)Nc2ccc(-c3cnco3)cc2)cc1. The van der Waals surface area contributed by atoms with Crippen LogP contribution < -0.4 is 11.1 Å². The van der Waals surface area contributed by atoms with Gasteiger partial charge < -0.3 is 15.5 Å². The fraction of sp³-hybridized carbons (Fsp3) is 0. The zero-order valence-electron chi connectivity index (χ0n) is 11.1. The van der Waals surface area contributed by atoms with E-state index in [4.69, 9.17) is 10.2 Å². The molecule has 3 aromatic rings. The van der Waals surface area contributed by atoms with Crippen LogP contribution in [0.25, 0.3) is 11.3 Å². The first-order valence-electron chi connectivity index (χ1n) is 6.38. The normalized spacial score (nSPS) is 10.3.